The van der Waals surface area contributed by atoms with Crippen molar-refractivity contribution in [1.29, 1.82) is 0 Å². The first-order chi connectivity index (χ1) is 5.12. The number of sulfone groups is 1. The molecule has 0 saturated carbocycles. The summed E-state index contributed by atoms with van der Waals surface area (Å²) in [7, 11) is -3.29. The lowest BCUT2D eigenvalue weighted by molar-refractivity contribution is 0.295. The van der Waals surface area contributed by atoms with Crippen molar-refractivity contribution >= 4 is 9.84 Å². The summed E-state index contributed by atoms with van der Waals surface area (Å²) >= 11 is 0. The molecule has 7 heteroatoms. The van der Waals surface area contributed by atoms with Crippen LogP contribution >= 0.6 is 0 Å². The number of hydrogen-bond acceptors (Lipinski definition) is 4. The molecule has 1 N–H and O–H groups in total. The Labute approximate surface area is 64.4 Å². The van der Waals surface area contributed by atoms with Crippen LogP contribution in [0.25, 0.3) is 10.4 Å². The molecule has 0 aromatic heterocycles. The van der Waals surface area contributed by atoms with Crippen LogP contribution in [-0.4, -0.2) is 31.8 Å². The minimum absolute atomic E-state index is 0.136. The first-order valence-electron chi connectivity index (χ1n) is 2.94. The van der Waals surface area contributed by atoms with Gasteiger partial charge in [-0.2, -0.15) is 0 Å². The lowest BCUT2D eigenvalue weighted by Crippen LogP contribution is -2.10. The van der Waals surface area contributed by atoms with Crippen molar-refractivity contribution in [2.24, 2.45) is 5.11 Å². The van der Waals surface area contributed by atoms with Crippen molar-refractivity contribution in [2.75, 3.05) is 18.2 Å². The largest absolute Gasteiger partial charge is 0.396 e. The molecule has 0 atom stereocenters. The maximum Gasteiger partial charge on any atom is 0.156 e. The molecule has 0 rings (SSSR count). The first-order valence-corrected chi connectivity index (χ1v) is 4.76. The highest BCUT2D eigenvalue weighted by atomic mass is 32.2. The molecule has 6 nitrogen and oxygen atoms in total. The van der Waals surface area contributed by atoms with Gasteiger partial charge in [-0.3, -0.25) is 0 Å². The summed E-state index contributed by atoms with van der Waals surface area (Å²) in [5.74, 6) is -0.661. The topological polar surface area (TPSA) is 103 Å². The molecule has 0 aliphatic rings. The summed E-state index contributed by atoms with van der Waals surface area (Å²) in [6, 6.07) is 0. The standard InChI is InChI=1S/C4H9N3O3S/c5-7-6-4-11(9,10)3-1-2-8/h8H,1-4H2. The van der Waals surface area contributed by atoms with Crippen LogP contribution in [0.1, 0.15) is 6.42 Å². The van der Waals surface area contributed by atoms with Gasteiger partial charge >= 0.3 is 0 Å². The van der Waals surface area contributed by atoms with Crippen molar-refractivity contribution in [3.8, 4) is 0 Å². The number of rotatable bonds is 5. The van der Waals surface area contributed by atoms with Crippen LogP contribution in [0.15, 0.2) is 5.11 Å². The minimum Gasteiger partial charge on any atom is -0.396 e. The van der Waals surface area contributed by atoms with E-state index in [9.17, 15) is 8.42 Å². The minimum atomic E-state index is -3.29. The van der Waals surface area contributed by atoms with E-state index in [0.717, 1.165) is 0 Å². The molecule has 0 heterocycles. The number of hydrogen-bond donors (Lipinski definition) is 1. The predicted molar refractivity (Wildman–Crippen MR) is 39.5 cm³/mol. The molecular formula is C4H9N3O3S. The quantitative estimate of drug-likeness (QED) is 0.366. The molecule has 0 aromatic rings. The second kappa shape index (κ2) is 4.95. The zero-order valence-electron chi connectivity index (χ0n) is 5.84. The van der Waals surface area contributed by atoms with Gasteiger partial charge in [0.25, 0.3) is 0 Å². The van der Waals surface area contributed by atoms with Gasteiger partial charge < -0.3 is 5.11 Å². The average Bonchev–Trinajstić information content (AvgIpc) is 1.97. The van der Waals surface area contributed by atoms with E-state index in [0.29, 0.717) is 0 Å². The van der Waals surface area contributed by atoms with E-state index in [-0.39, 0.29) is 18.8 Å². The SMILES string of the molecule is [N-]=[N+]=NCS(=O)(=O)CCCO. The Morgan fingerprint density at radius 3 is 2.64 bits per heavy atom. The highest BCUT2D eigenvalue weighted by Gasteiger charge is 2.07. The van der Waals surface area contributed by atoms with Gasteiger partial charge in [0, 0.05) is 11.5 Å². The number of aliphatic hydroxyl groups is 1. The van der Waals surface area contributed by atoms with Crippen LogP contribution in [0.3, 0.4) is 0 Å². The van der Waals surface area contributed by atoms with E-state index >= 15 is 0 Å². The molecule has 0 aromatic carbocycles. The van der Waals surface area contributed by atoms with Gasteiger partial charge in [-0.15, -0.1) is 0 Å². The van der Waals surface area contributed by atoms with E-state index in [1.807, 2.05) is 0 Å². The molecule has 0 fully saturated rings. The van der Waals surface area contributed by atoms with Gasteiger partial charge in [0.1, 0.15) is 5.88 Å². The van der Waals surface area contributed by atoms with Crippen LogP contribution < -0.4 is 0 Å². The van der Waals surface area contributed by atoms with Crippen molar-refractivity contribution < 1.29 is 13.5 Å². The van der Waals surface area contributed by atoms with Crippen molar-refractivity contribution in [3.05, 3.63) is 10.4 Å². The van der Waals surface area contributed by atoms with Crippen LogP contribution in [0.5, 0.6) is 0 Å². The Morgan fingerprint density at radius 1 is 1.55 bits per heavy atom. The van der Waals surface area contributed by atoms with Gasteiger partial charge in [0.2, 0.25) is 0 Å². The second-order valence-electron chi connectivity index (χ2n) is 1.88. The first kappa shape index (κ1) is 10.2. The van der Waals surface area contributed by atoms with Gasteiger partial charge in [-0.1, -0.05) is 5.11 Å². The van der Waals surface area contributed by atoms with E-state index in [1.54, 1.807) is 0 Å². The fourth-order valence-corrected chi connectivity index (χ4v) is 1.39. The molecule has 11 heavy (non-hydrogen) atoms. The Balaban J connectivity index is 3.91. The Hall–Kier alpha value is -0.780. The Morgan fingerprint density at radius 2 is 2.18 bits per heavy atom. The lowest BCUT2D eigenvalue weighted by Gasteiger charge is -1.96. The summed E-state index contributed by atoms with van der Waals surface area (Å²) in [6.45, 7) is -0.171. The normalized spacial score (nSPS) is 10.6. The molecular weight excluding hydrogens is 170 g/mol. The summed E-state index contributed by atoms with van der Waals surface area (Å²) in [4.78, 5) is 2.31. The van der Waals surface area contributed by atoms with Crippen molar-refractivity contribution in [1.82, 2.24) is 0 Å². The van der Waals surface area contributed by atoms with E-state index in [4.69, 9.17) is 10.6 Å². The zero-order valence-corrected chi connectivity index (χ0v) is 6.66. The van der Waals surface area contributed by atoms with Gasteiger partial charge in [-0.05, 0) is 12.0 Å². The highest BCUT2D eigenvalue weighted by molar-refractivity contribution is 7.91. The monoisotopic (exact) mass is 179 g/mol. The molecule has 0 bridgehead atoms. The van der Waals surface area contributed by atoms with Crippen LogP contribution in [0, 0.1) is 0 Å². The summed E-state index contributed by atoms with van der Waals surface area (Å²) in [5.41, 5.74) is 7.80. The third kappa shape index (κ3) is 5.65. The Bertz CT molecular complexity index is 241. The number of nitrogens with zero attached hydrogens (tertiary/aromatic N) is 3. The van der Waals surface area contributed by atoms with E-state index in [2.05, 4.69) is 10.0 Å². The van der Waals surface area contributed by atoms with Crippen LogP contribution in [0.4, 0.5) is 0 Å². The molecule has 0 aliphatic carbocycles. The smallest absolute Gasteiger partial charge is 0.156 e. The molecule has 0 spiro atoms. The summed E-state index contributed by atoms with van der Waals surface area (Å²) in [5, 5.41) is 11.2. The van der Waals surface area contributed by atoms with Crippen molar-refractivity contribution in [3.63, 3.8) is 0 Å². The predicted octanol–water partition coefficient (Wildman–Crippen LogP) is 0.0514. The molecule has 0 saturated heterocycles. The Kier molecular flexibility index (Phi) is 4.60. The average molecular weight is 179 g/mol. The third-order valence-electron chi connectivity index (χ3n) is 0.931. The van der Waals surface area contributed by atoms with Crippen molar-refractivity contribution in [2.45, 2.75) is 6.42 Å². The van der Waals surface area contributed by atoms with Crippen LogP contribution in [0.2, 0.25) is 0 Å². The number of aliphatic hydroxyl groups excluding tert-OH is 1. The second-order valence-corrected chi connectivity index (χ2v) is 4.04. The van der Waals surface area contributed by atoms with E-state index in [1.165, 1.54) is 0 Å². The molecule has 0 radical (unpaired) electrons. The van der Waals surface area contributed by atoms with Gasteiger partial charge in [0.05, 0.1) is 5.75 Å². The van der Waals surface area contributed by atoms with E-state index < -0.39 is 15.7 Å². The molecule has 64 valence electrons. The lowest BCUT2D eigenvalue weighted by atomic mass is 10.5. The van der Waals surface area contributed by atoms with Gasteiger partial charge in [-0.25, -0.2) is 8.42 Å². The maximum atomic E-state index is 10.8. The number of azide groups is 1. The third-order valence-corrected chi connectivity index (χ3v) is 2.35. The summed E-state index contributed by atoms with van der Waals surface area (Å²) < 4.78 is 21.5. The molecule has 0 amide bonds. The fraction of sp³-hybridized carbons (Fsp3) is 1.00. The maximum absolute atomic E-state index is 10.8. The zero-order chi connectivity index (χ0) is 8.74. The summed E-state index contributed by atoms with van der Waals surface area (Å²) in [6.07, 6.45) is 0.184. The fourth-order valence-electron chi connectivity index (χ4n) is 0.463. The van der Waals surface area contributed by atoms with Gasteiger partial charge in [0.15, 0.2) is 9.84 Å². The highest BCUT2D eigenvalue weighted by Crippen LogP contribution is 1.93. The van der Waals surface area contributed by atoms with Crippen LogP contribution in [-0.2, 0) is 9.84 Å². The molecule has 0 aliphatic heterocycles. The molecule has 0 unspecified atom stereocenters.